The number of nitrogens with zero attached hydrogens (tertiary/aromatic N) is 1. The van der Waals surface area contributed by atoms with Crippen LogP contribution in [0.1, 0.15) is 0 Å². The number of carbonyl (C=O) groups is 1. The van der Waals surface area contributed by atoms with Gasteiger partial charge in [-0.15, -0.1) is 0 Å². The third kappa shape index (κ3) is 2.33. The monoisotopic (exact) mass is 147 g/mol. The van der Waals surface area contributed by atoms with Gasteiger partial charge in [0.15, 0.2) is 6.04 Å². The number of rotatable bonds is 3. The van der Waals surface area contributed by atoms with Gasteiger partial charge in [0, 0.05) is 0 Å². The molecular formula is C6H13NO3. The molecule has 60 valence electrons. The maximum Gasteiger partial charge on any atom is 0.152 e. The van der Waals surface area contributed by atoms with E-state index < -0.39 is 12.0 Å². The summed E-state index contributed by atoms with van der Waals surface area (Å²) in [4.78, 5) is 10.3. The Balaban J connectivity index is 4.22. The molecular weight excluding hydrogens is 134 g/mol. The predicted octanol–water partition coefficient (Wildman–Crippen LogP) is -2.20. The van der Waals surface area contributed by atoms with E-state index in [0.717, 1.165) is 0 Å². The largest absolute Gasteiger partial charge is 0.544 e. The van der Waals surface area contributed by atoms with Gasteiger partial charge in [0.1, 0.15) is 12.6 Å². The van der Waals surface area contributed by atoms with E-state index in [1.165, 1.54) is 0 Å². The van der Waals surface area contributed by atoms with Crippen LogP contribution < -0.4 is 5.11 Å². The Morgan fingerprint density at radius 3 is 2.00 bits per heavy atom. The van der Waals surface area contributed by atoms with E-state index in [2.05, 4.69) is 0 Å². The fraction of sp³-hybridized carbons (Fsp3) is 0.833. The fourth-order valence-corrected chi connectivity index (χ4v) is 0.636. The highest BCUT2D eigenvalue weighted by molar-refractivity contribution is 5.69. The molecule has 0 aliphatic carbocycles. The first-order chi connectivity index (χ1) is 4.39. The number of hydrogen-bond donors (Lipinski definition) is 1. The highest BCUT2D eigenvalue weighted by Gasteiger charge is 2.23. The molecule has 0 radical (unpaired) electrons. The van der Waals surface area contributed by atoms with Crippen LogP contribution in [0.2, 0.25) is 0 Å². The Morgan fingerprint density at radius 2 is 2.00 bits per heavy atom. The summed E-state index contributed by atoms with van der Waals surface area (Å²) in [7, 11) is 5.07. The predicted molar refractivity (Wildman–Crippen MR) is 33.9 cm³/mol. The lowest BCUT2D eigenvalue weighted by Gasteiger charge is -2.33. The van der Waals surface area contributed by atoms with Gasteiger partial charge in [-0.05, 0) is 0 Å². The maximum atomic E-state index is 10.3. The second-order valence-corrected chi connectivity index (χ2v) is 3.13. The first-order valence-corrected chi connectivity index (χ1v) is 3.02. The van der Waals surface area contributed by atoms with Crippen molar-refractivity contribution in [1.82, 2.24) is 0 Å². The first kappa shape index (κ1) is 9.39. The number of aliphatic hydroxyl groups is 1. The third-order valence-electron chi connectivity index (χ3n) is 1.38. The Kier molecular flexibility index (Phi) is 2.80. The number of carbonyl (C=O) groups excluding carboxylic acids is 1. The number of carboxylic acid groups (broad SMARTS) is 1. The van der Waals surface area contributed by atoms with Crippen LogP contribution in [0, 0.1) is 0 Å². The van der Waals surface area contributed by atoms with Crippen LogP contribution in [0.15, 0.2) is 0 Å². The fourth-order valence-electron chi connectivity index (χ4n) is 0.636. The van der Waals surface area contributed by atoms with Crippen LogP contribution in [0.25, 0.3) is 0 Å². The lowest BCUT2D eigenvalue weighted by Crippen LogP contribution is -2.56. The summed E-state index contributed by atoms with van der Waals surface area (Å²) in [6.07, 6.45) is 0. The molecule has 4 nitrogen and oxygen atoms in total. The summed E-state index contributed by atoms with van der Waals surface area (Å²) in [5.41, 5.74) is 0. The van der Waals surface area contributed by atoms with E-state index in [-0.39, 0.29) is 11.1 Å². The van der Waals surface area contributed by atoms with Crippen molar-refractivity contribution in [2.45, 2.75) is 6.04 Å². The Bertz CT molecular complexity index is 127. The van der Waals surface area contributed by atoms with Gasteiger partial charge < -0.3 is 19.5 Å². The SMILES string of the molecule is C[N+](C)(C)C(CO)C(=O)[O-]. The summed E-state index contributed by atoms with van der Waals surface area (Å²) >= 11 is 0. The molecule has 0 aromatic rings. The molecule has 0 bridgehead atoms. The molecule has 10 heavy (non-hydrogen) atoms. The number of carboxylic acids is 1. The van der Waals surface area contributed by atoms with Crippen LogP contribution in [0.4, 0.5) is 0 Å². The number of aliphatic hydroxyl groups excluding tert-OH is 1. The zero-order valence-corrected chi connectivity index (χ0v) is 6.50. The van der Waals surface area contributed by atoms with Crippen molar-refractivity contribution < 1.29 is 19.5 Å². The Labute approximate surface area is 60.3 Å². The number of hydrogen-bond acceptors (Lipinski definition) is 3. The van der Waals surface area contributed by atoms with Gasteiger partial charge >= 0.3 is 0 Å². The van der Waals surface area contributed by atoms with Gasteiger partial charge in [0.25, 0.3) is 0 Å². The van der Waals surface area contributed by atoms with Gasteiger partial charge in [-0.1, -0.05) is 0 Å². The van der Waals surface area contributed by atoms with E-state index in [4.69, 9.17) is 5.11 Å². The number of quaternary nitrogens is 1. The van der Waals surface area contributed by atoms with Crippen molar-refractivity contribution in [2.75, 3.05) is 27.7 Å². The van der Waals surface area contributed by atoms with Crippen LogP contribution >= 0.6 is 0 Å². The average molecular weight is 147 g/mol. The van der Waals surface area contributed by atoms with Gasteiger partial charge in [0.2, 0.25) is 0 Å². The average Bonchev–Trinajstić information content (AvgIpc) is 1.60. The molecule has 0 heterocycles. The van der Waals surface area contributed by atoms with E-state index in [1.807, 2.05) is 0 Å². The molecule has 0 aromatic heterocycles. The third-order valence-corrected chi connectivity index (χ3v) is 1.38. The molecule has 0 saturated carbocycles. The zero-order valence-electron chi connectivity index (χ0n) is 6.50. The van der Waals surface area contributed by atoms with Crippen LogP contribution in [0.3, 0.4) is 0 Å². The molecule has 0 aliphatic heterocycles. The van der Waals surface area contributed by atoms with Crippen LogP contribution in [0.5, 0.6) is 0 Å². The standard InChI is InChI=1S/C6H13NO3/c1-7(2,3)5(4-8)6(9)10/h5,8H,4H2,1-3H3. The lowest BCUT2D eigenvalue weighted by molar-refractivity contribution is -0.889. The summed E-state index contributed by atoms with van der Waals surface area (Å²) in [5.74, 6) is -1.21. The Morgan fingerprint density at radius 1 is 1.60 bits per heavy atom. The molecule has 4 heteroatoms. The molecule has 1 unspecified atom stereocenters. The second-order valence-electron chi connectivity index (χ2n) is 3.13. The van der Waals surface area contributed by atoms with Gasteiger partial charge in [-0.25, -0.2) is 0 Å². The highest BCUT2D eigenvalue weighted by atomic mass is 16.4. The molecule has 0 fully saturated rings. The molecule has 0 spiro atoms. The van der Waals surface area contributed by atoms with Gasteiger partial charge in [-0.2, -0.15) is 0 Å². The van der Waals surface area contributed by atoms with E-state index in [0.29, 0.717) is 0 Å². The summed E-state index contributed by atoms with van der Waals surface area (Å²) < 4.78 is 0.179. The van der Waals surface area contributed by atoms with Crippen molar-refractivity contribution in [3.63, 3.8) is 0 Å². The molecule has 0 aromatic carbocycles. The normalized spacial score (nSPS) is 14.8. The van der Waals surface area contributed by atoms with E-state index in [9.17, 15) is 9.90 Å². The lowest BCUT2D eigenvalue weighted by atomic mass is 10.2. The second kappa shape index (κ2) is 2.98. The smallest absolute Gasteiger partial charge is 0.152 e. The molecule has 1 N–H and O–H groups in total. The molecule has 1 atom stereocenters. The van der Waals surface area contributed by atoms with Crippen LogP contribution in [-0.4, -0.2) is 49.4 Å². The van der Waals surface area contributed by atoms with E-state index >= 15 is 0 Å². The van der Waals surface area contributed by atoms with Crippen molar-refractivity contribution in [2.24, 2.45) is 0 Å². The van der Waals surface area contributed by atoms with Gasteiger partial charge in [-0.3, -0.25) is 0 Å². The minimum absolute atomic E-state index is 0.179. The summed E-state index contributed by atoms with van der Waals surface area (Å²) in [5, 5.41) is 18.9. The summed E-state index contributed by atoms with van der Waals surface area (Å²) in [6.45, 7) is -0.383. The molecule has 0 saturated heterocycles. The first-order valence-electron chi connectivity index (χ1n) is 3.02. The summed E-state index contributed by atoms with van der Waals surface area (Å²) in [6, 6.07) is -0.833. The van der Waals surface area contributed by atoms with Crippen molar-refractivity contribution in [3.8, 4) is 0 Å². The Hall–Kier alpha value is -0.610. The highest BCUT2D eigenvalue weighted by Crippen LogP contribution is 1.99. The molecule has 0 amide bonds. The van der Waals surface area contributed by atoms with Crippen molar-refractivity contribution >= 4 is 5.97 Å². The quantitative estimate of drug-likeness (QED) is 0.461. The van der Waals surface area contributed by atoms with Gasteiger partial charge in [0.05, 0.1) is 21.1 Å². The van der Waals surface area contributed by atoms with Crippen molar-refractivity contribution in [1.29, 1.82) is 0 Å². The molecule has 0 rings (SSSR count). The minimum Gasteiger partial charge on any atom is -0.544 e. The number of likely N-dealkylation sites (N-methyl/N-ethyl adjacent to an activating group) is 1. The zero-order chi connectivity index (χ0) is 8.36. The van der Waals surface area contributed by atoms with E-state index in [1.54, 1.807) is 21.1 Å². The maximum absolute atomic E-state index is 10.3. The number of aliphatic carboxylic acids is 1. The molecule has 0 aliphatic rings. The van der Waals surface area contributed by atoms with Crippen LogP contribution in [-0.2, 0) is 4.79 Å². The van der Waals surface area contributed by atoms with Crippen molar-refractivity contribution in [3.05, 3.63) is 0 Å². The minimum atomic E-state index is -1.21. The topological polar surface area (TPSA) is 60.4 Å².